The molecule has 0 amide bonds. The van der Waals surface area contributed by atoms with Gasteiger partial charge in [0.15, 0.2) is 5.65 Å². The average Bonchev–Trinajstić information content (AvgIpc) is 3.12. The fraction of sp³-hybridized carbons (Fsp3) is 0.190. The van der Waals surface area contributed by atoms with E-state index in [0.717, 1.165) is 23.4 Å². The molecule has 0 saturated carbocycles. The first-order chi connectivity index (χ1) is 13.1. The third-order valence-electron chi connectivity index (χ3n) is 4.51. The van der Waals surface area contributed by atoms with Crippen LogP contribution in [-0.2, 0) is 6.54 Å². The molecule has 0 fully saturated rings. The second-order valence-electron chi connectivity index (χ2n) is 6.67. The van der Waals surface area contributed by atoms with Crippen LogP contribution in [0.1, 0.15) is 19.4 Å². The van der Waals surface area contributed by atoms with Crippen LogP contribution >= 0.6 is 0 Å². The molecule has 0 unspecified atom stereocenters. The molecule has 0 saturated heterocycles. The second-order valence-corrected chi connectivity index (χ2v) is 6.67. The molecule has 0 atom stereocenters. The Bertz CT molecular complexity index is 1040. The maximum atomic E-state index is 13.2. The van der Waals surface area contributed by atoms with Crippen LogP contribution in [0.15, 0.2) is 67.1 Å². The molecule has 5 nitrogen and oxygen atoms in total. The van der Waals surface area contributed by atoms with Gasteiger partial charge in [-0.25, -0.2) is 19.0 Å². The maximum Gasteiger partial charge on any atom is 0.168 e. The Kier molecular flexibility index (Phi) is 4.54. The summed E-state index contributed by atoms with van der Waals surface area (Å²) in [5.74, 6) is 0.562. The highest BCUT2D eigenvalue weighted by Gasteiger charge is 2.19. The van der Waals surface area contributed by atoms with E-state index < -0.39 is 0 Å². The van der Waals surface area contributed by atoms with Crippen LogP contribution in [0, 0.1) is 5.82 Å². The Morgan fingerprint density at radius 2 is 1.74 bits per heavy atom. The molecule has 6 heteroatoms. The predicted octanol–water partition coefficient (Wildman–Crippen LogP) is 4.37. The smallest absolute Gasteiger partial charge is 0.168 e. The Hall–Kier alpha value is -3.28. The number of fused-ring (bicyclic) bond motifs is 1. The zero-order valence-electron chi connectivity index (χ0n) is 15.2. The summed E-state index contributed by atoms with van der Waals surface area (Å²) in [5, 5.41) is 5.34. The van der Waals surface area contributed by atoms with Gasteiger partial charge >= 0.3 is 0 Å². The molecular formula is C21H20FN5. The number of hydrogen-bond donors (Lipinski definition) is 0. The number of rotatable bonds is 5. The molecule has 0 aliphatic carbocycles. The second kappa shape index (κ2) is 7.15. The summed E-state index contributed by atoms with van der Waals surface area (Å²) in [6, 6.07) is 16.8. The van der Waals surface area contributed by atoms with E-state index in [0.29, 0.717) is 5.65 Å². The van der Waals surface area contributed by atoms with Crippen molar-refractivity contribution in [3.63, 3.8) is 0 Å². The van der Waals surface area contributed by atoms with Crippen molar-refractivity contribution in [2.45, 2.75) is 26.4 Å². The van der Waals surface area contributed by atoms with Gasteiger partial charge in [-0.15, -0.1) is 0 Å². The van der Waals surface area contributed by atoms with Gasteiger partial charge in [0, 0.05) is 12.6 Å². The molecule has 4 rings (SSSR count). The molecule has 4 aromatic rings. The quantitative estimate of drug-likeness (QED) is 0.530. The van der Waals surface area contributed by atoms with Gasteiger partial charge in [0.1, 0.15) is 18.0 Å². The van der Waals surface area contributed by atoms with Crippen molar-refractivity contribution in [1.29, 1.82) is 0 Å². The Morgan fingerprint density at radius 3 is 2.44 bits per heavy atom. The molecule has 0 spiro atoms. The minimum Gasteiger partial charge on any atom is -0.349 e. The third-order valence-corrected chi connectivity index (χ3v) is 4.51. The largest absolute Gasteiger partial charge is 0.349 e. The van der Waals surface area contributed by atoms with Gasteiger partial charge in [-0.1, -0.05) is 30.3 Å². The van der Waals surface area contributed by atoms with Crippen molar-refractivity contribution in [2.75, 3.05) is 4.90 Å². The van der Waals surface area contributed by atoms with Crippen molar-refractivity contribution in [1.82, 2.24) is 19.7 Å². The summed E-state index contributed by atoms with van der Waals surface area (Å²) in [6.45, 7) is 5.02. The van der Waals surface area contributed by atoms with Gasteiger partial charge in [-0.2, -0.15) is 5.10 Å². The van der Waals surface area contributed by atoms with Crippen LogP contribution in [-0.4, -0.2) is 25.8 Å². The monoisotopic (exact) mass is 361 g/mol. The van der Waals surface area contributed by atoms with Crippen LogP contribution in [0.3, 0.4) is 0 Å². The molecule has 2 heterocycles. The lowest BCUT2D eigenvalue weighted by atomic mass is 10.2. The summed E-state index contributed by atoms with van der Waals surface area (Å²) in [6.07, 6.45) is 3.33. The van der Waals surface area contributed by atoms with E-state index in [4.69, 9.17) is 0 Å². The Morgan fingerprint density at radius 1 is 1.00 bits per heavy atom. The molecule has 2 aromatic carbocycles. The lowest BCUT2D eigenvalue weighted by Crippen LogP contribution is -2.31. The molecule has 136 valence electrons. The molecular weight excluding hydrogens is 341 g/mol. The van der Waals surface area contributed by atoms with Crippen molar-refractivity contribution >= 4 is 16.9 Å². The van der Waals surface area contributed by atoms with Gasteiger partial charge in [-0.05, 0) is 43.7 Å². The minimum atomic E-state index is -0.278. The van der Waals surface area contributed by atoms with E-state index >= 15 is 0 Å². The van der Waals surface area contributed by atoms with Crippen LogP contribution in [0.25, 0.3) is 16.7 Å². The average molecular weight is 361 g/mol. The van der Waals surface area contributed by atoms with Gasteiger partial charge in [0.05, 0.1) is 17.3 Å². The van der Waals surface area contributed by atoms with Gasteiger partial charge < -0.3 is 4.90 Å². The number of benzene rings is 2. The predicted molar refractivity (Wildman–Crippen MR) is 104 cm³/mol. The van der Waals surface area contributed by atoms with Crippen LogP contribution in [0.2, 0.25) is 0 Å². The fourth-order valence-corrected chi connectivity index (χ4v) is 3.11. The normalized spacial score (nSPS) is 11.3. The van der Waals surface area contributed by atoms with Gasteiger partial charge in [0.2, 0.25) is 0 Å². The lowest BCUT2D eigenvalue weighted by Gasteiger charge is -2.28. The zero-order chi connectivity index (χ0) is 18.8. The van der Waals surface area contributed by atoms with Gasteiger partial charge in [0.25, 0.3) is 0 Å². The van der Waals surface area contributed by atoms with E-state index in [2.05, 4.69) is 45.9 Å². The first-order valence-electron chi connectivity index (χ1n) is 8.89. The van der Waals surface area contributed by atoms with E-state index in [1.165, 1.54) is 17.7 Å². The summed E-state index contributed by atoms with van der Waals surface area (Å²) >= 11 is 0. The Labute approximate surface area is 157 Å². The SMILES string of the molecule is CC(C)N(Cc1ccccc1)c1ncnc2c1cnn2-c1ccc(F)cc1. The van der Waals surface area contributed by atoms with E-state index in [-0.39, 0.29) is 11.9 Å². The number of halogens is 1. The van der Waals surface area contributed by atoms with Crippen molar-refractivity contribution in [3.05, 3.63) is 78.5 Å². The lowest BCUT2D eigenvalue weighted by molar-refractivity contribution is 0.627. The highest BCUT2D eigenvalue weighted by molar-refractivity contribution is 5.87. The Balaban J connectivity index is 1.78. The maximum absolute atomic E-state index is 13.2. The summed E-state index contributed by atoms with van der Waals surface area (Å²) < 4.78 is 15.0. The number of hydrogen-bond acceptors (Lipinski definition) is 4. The molecule has 0 bridgehead atoms. The van der Waals surface area contributed by atoms with Crippen LogP contribution in [0.4, 0.5) is 10.2 Å². The molecule has 0 N–H and O–H groups in total. The van der Waals surface area contributed by atoms with Crippen LogP contribution in [0.5, 0.6) is 0 Å². The summed E-state index contributed by atoms with van der Waals surface area (Å²) in [5.41, 5.74) is 2.67. The third kappa shape index (κ3) is 3.38. The van der Waals surface area contributed by atoms with E-state index in [1.54, 1.807) is 29.3 Å². The summed E-state index contributed by atoms with van der Waals surface area (Å²) in [7, 11) is 0. The fourth-order valence-electron chi connectivity index (χ4n) is 3.11. The van der Waals surface area contributed by atoms with Crippen molar-refractivity contribution in [3.8, 4) is 5.69 Å². The van der Waals surface area contributed by atoms with Crippen molar-refractivity contribution < 1.29 is 4.39 Å². The minimum absolute atomic E-state index is 0.248. The van der Waals surface area contributed by atoms with E-state index in [9.17, 15) is 4.39 Å². The van der Waals surface area contributed by atoms with Crippen molar-refractivity contribution in [2.24, 2.45) is 0 Å². The topological polar surface area (TPSA) is 46.8 Å². The summed E-state index contributed by atoms with van der Waals surface area (Å²) in [4.78, 5) is 11.2. The molecule has 0 radical (unpaired) electrons. The number of anilines is 1. The van der Waals surface area contributed by atoms with E-state index in [1.807, 2.05) is 18.2 Å². The highest BCUT2D eigenvalue weighted by atomic mass is 19.1. The number of nitrogens with zero attached hydrogens (tertiary/aromatic N) is 5. The first-order valence-corrected chi connectivity index (χ1v) is 8.89. The number of aromatic nitrogens is 4. The molecule has 2 aromatic heterocycles. The van der Waals surface area contributed by atoms with Gasteiger partial charge in [-0.3, -0.25) is 0 Å². The molecule has 0 aliphatic heterocycles. The highest BCUT2D eigenvalue weighted by Crippen LogP contribution is 2.27. The molecule has 0 aliphatic rings. The van der Waals surface area contributed by atoms with Crippen LogP contribution < -0.4 is 4.90 Å². The standard InChI is InChI=1S/C21H20FN5/c1-15(2)26(13-16-6-4-3-5-7-16)20-19-12-25-27(21(19)24-14-23-20)18-10-8-17(22)9-11-18/h3-12,14-15H,13H2,1-2H3. The zero-order valence-corrected chi connectivity index (χ0v) is 15.2. The molecule has 27 heavy (non-hydrogen) atoms. The first kappa shape index (κ1) is 17.1.